The van der Waals surface area contributed by atoms with Crippen molar-refractivity contribution in [3.63, 3.8) is 0 Å². The summed E-state index contributed by atoms with van der Waals surface area (Å²) in [7, 11) is 0. The number of nitrogens with one attached hydrogen (secondary N) is 1. The first-order chi connectivity index (χ1) is 8.65. The van der Waals surface area contributed by atoms with Crippen LogP contribution in [-0.4, -0.2) is 19.2 Å². The first kappa shape index (κ1) is 13.2. The van der Waals surface area contributed by atoms with E-state index in [4.69, 9.17) is 4.74 Å². The normalized spacial score (nSPS) is 14.8. The zero-order valence-electron chi connectivity index (χ0n) is 11.4. The van der Waals surface area contributed by atoms with E-state index in [1.54, 1.807) is 0 Å². The highest BCUT2D eigenvalue weighted by Crippen LogP contribution is 2.20. The lowest BCUT2D eigenvalue weighted by molar-refractivity contribution is 0.348. The topological polar surface area (TPSA) is 21.3 Å². The third-order valence-corrected chi connectivity index (χ3v) is 3.21. The maximum atomic E-state index is 5.72. The minimum Gasteiger partial charge on any atom is -0.489 e. The average Bonchev–Trinajstić information content (AvgIpc) is 3.18. The van der Waals surface area contributed by atoms with E-state index >= 15 is 0 Å². The lowest BCUT2D eigenvalue weighted by Crippen LogP contribution is -2.21. The van der Waals surface area contributed by atoms with E-state index in [0.29, 0.717) is 12.5 Å². The molecule has 1 saturated carbocycles. The number of ether oxygens (including phenoxy) is 1. The Hall–Kier alpha value is -1.28. The van der Waals surface area contributed by atoms with Gasteiger partial charge in [-0.1, -0.05) is 32.6 Å². The van der Waals surface area contributed by atoms with E-state index in [1.165, 1.54) is 18.4 Å². The molecule has 18 heavy (non-hydrogen) atoms. The molecule has 0 aliphatic heterocycles. The quantitative estimate of drug-likeness (QED) is 0.742. The van der Waals surface area contributed by atoms with Gasteiger partial charge in [0.05, 0.1) is 0 Å². The van der Waals surface area contributed by atoms with Crippen LogP contribution in [0.5, 0.6) is 5.75 Å². The van der Waals surface area contributed by atoms with Gasteiger partial charge in [0, 0.05) is 12.6 Å². The van der Waals surface area contributed by atoms with Crippen LogP contribution in [0.1, 0.15) is 38.2 Å². The summed E-state index contributed by atoms with van der Waals surface area (Å²) >= 11 is 0. The second-order valence-electron chi connectivity index (χ2n) is 5.42. The molecule has 1 fully saturated rings. The Morgan fingerprint density at radius 3 is 2.56 bits per heavy atom. The summed E-state index contributed by atoms with van der Waals surface area (Å²) in [6, 6.07) is 9.07. The standard InChI is InChI=1S/C16H23NO/c1-12(2)14-4-8-16(9-5-14)18-11-13(3)10-17-15-6-7-15/h4-5,8-9,12,15,17H,3,6-7,10-11H2,1-2H3. The van der Waals surface area contributed by atoms with Crippen LogP contribution in [0.4, 0.5) is 0 Å². The molecular weight excluding hydrogens is 222 g/mol. The number of hydrogen-bond acceptors (Lipinski definition) is 2. The van der Waals surface area contributed by atoms with Crippen molar-refractivity contribution in [3.8, 4) is 5.75 Å². The van der Waals surface area contributed by atoms with Gasteiger partial charge in [0.25, 0.3) is 0 Å². The van der Waals surface area contributed by atoms with Crippen molar-refractivity contribution in [2.24, 2.45) is 0 Å². The molecule has 0 saturated heterocycles. The van der Waals surface area contributed by atoms with E-state index in [0.717, 1.165) is 23.9 Å². The number of rotatable bonds is 7. The fraction of sp³-hybridized carbons (Fsp3) is 0.500. The van der Waals surface area contributed by atoms with Crippen molar-refractivity contribution in [3.05, 3.63) is 42.0 Å². The van der Waals surface area contributed by atoms with Crippen molar-refractivity contribution in [1.82, 2.24) is 5.32 Å². The molecule has 0 unspecified atom stereocenters. The highest BCUT2D eigenvalue weighted by molar-refractivity contribution is 5.29. The molecule has 98 valence electrons. The Bertz CT molecular complexity index is 390. The summed E-state index contributed by atoms with van der Waals surface area (Å²) in [4.78, 5) is 0. The van der Waals surface area contributed by atoms with Crippen LogP contribution in [0.3, 0.4) is 0 Å². The molecule has 0 atom stereocenters. The van der Waals surface area contributed by atoms with Crippen molar-refractivity contribution in [2.45, 2.75) is 38.6 Å². The highest BCUT2D eigenvalue weighted by atomic mass is 16.5. The Balaban J connectivity index is 1.73. The van der Waals surface area contributed by atoms with Crippen LogP contribution in [-0.2, 0) is 0 Å². The molecule has 0 bridgehead atoms. The van der Waals surface area contributed by atoms with E-state index < -0.39 is 0 Å². The zero-order valence-corrected chi connectivity index (χ0v) is 11.4. The Labute approximate surface area is 110 Å². The summed E-state index contributed by atoms with van der Waals surface area (Å²) in [6.07, 6.45) is 2.62. The monoisotopic (exact) mass is 245 g/mol. The van der Waals surface area contributed by atoms with Gasteiger partial charge < -0.3 is 10.1 Å². The molecule has 0 aromatic heterocycles. The van der Waals surface area contributed by atoms with Crippen LogP contribution in [0.2, 0.25) is 0 Å². The maximum Gasteiger partial charge on any atom is 0.119 e. The fourth-order valence-electron chi connectivity index (χ4n) is 1.76. The first-order valence-corrected chi connectivity index (χ1v) is 6.78. The van der Waals surface area contributed by atoms with Crippen LogP contribution in [0, 0.1) is 0 Å². The second-order valence-corrected chi connectivity index (χ2v) is 5.42. The van der Waals surface area contributed by atoms with Crippen LogP contribution in [0.25, 0.3) is 0 Å². The largest absolute Gasteiger partial charge is 0.489 e. The summed E-state index contributed by atoms with van der Waals surface area (Å²) in [6.45, 7) is 9.89. The van der Waals surface area contributed by atoms with Gasteiger partial charge in [-0.15, -0.1) is 0 Å². The molecule has 0 heterocycles. The molecule has 0 spiro atoms. The van der Waals surface area contributed by atoms with Gasteiger partial charge in [-0.3, -0.25) is 0 Å². The zero-order chi connectivity index (χ0) is 13.0. The van der Waals surface area contributed by atoms with Gasteiger partial charge >= 0.3 is 0 Å². The van der Waals surface area contributed by atoms with Gasteiger partial charge in [0.15, 0.2) is 0 Å². The Morgan fingerprint density at radius 2 is 2.00 bits per heavy atom. The maximum absolute atomic E-state index is 5.72. The van der Waals surface area contributed by atoms with E-state index in [-0.39, 0.29) is 0 Å². The Morgan fingerprint density at radius 1 is 1.33 bits per heavy atom. The average molecular weight is 245 g/mol. The first-order valence-electron chi connectivity index (χ1n) is 6.78. The number of benzene rings is 1. The smallest absolute Gasteiger partial charge is 0.119 e. The molecule has 1 aliphatic carbocycles. The van der Waals surface area contributed by atoms with Crippen molar-refractivity contribution >= 4 is 0 Å². The second kappa shape index (κ2) is 6.05. The summed E-state index contributed by atoms with van der Waals surface area (Å²) in [5.41, 5.74) is 2.45. The molecule has 2 rings (SSSR count). The Kier molecular flexibility index (Phi) is 4.43. The molecule has 1 N–H and O–H groups in total. The van der Waals surface area contributed by atoms with Crippen LogP contribution in [0.15, 0.2) is 36.4 Å². The van der Waals surface area contributed by atoms with E-state index in [2.05, 4.69) is 37.9 Å². The van der Waals surface area contributed by atoms with Gasteiger partial charge in [-0.25, -0.2) is 0 Å². The third-order valence-electron chi connectivity index (χ3n) is 3.21. The predicted octanol–water partition coefficient (Wildman–Crippen LogP) is 3.50. The van der Waals surface area contributed by atoms with Crippen molar-refractivity contribution < 1.29 is 4.74 Å². The van der Waals surface area contributed by atoms with Crippen LogP contribution < -0.4 is 10.1 Å². The fourth-order valence-corrected chi connectivity index (χ4v) is 1.76. The van der Waals surface area contributed by atoms with Crippen molar-refractivity contribution in [2.75, 3.05) is 13.2 Å². The lowest BCUT2D eigenvalue weighted by Gasteiger charge is -2.11. The van der Waals surface area contributed by atoms with Gasteiger partial charge in [-0.2, -0.15) is 0 Å². The number of hydrogen-bond donors (Lipinski definition) is 1. The minimum absolute atomic E-state index is 0.566. The molecule has 2 heteroatoms. The van der Waals surface area contributed by atoms with Crippen molar-refractivity contribution in [1.29, 1.82) is 0 Å². The molecule has 0 radical (unpaired) electrons. The molecule has 0 amide bonds. The summed E-state index contributed by atoms with van der Waals surface area (Å²) in [5.74, 6) is 1.49. The lowest BCUT2D eigenvalue weighted by atomic mass is 10.0. The van der Waals surface area contributed by atoms with E-state index in [1.807, 2.05) is 12.1 Å². The summed E-state index contributed by atoms with van der Waals surface area (Å²) in [5, 5.41) is 3.44. The molecular formula is C16H23NO. The highest BCUT2D eigenvalue weighted by Gasteiger charge is 2.19. The third kappa shape index (κ3) is 4.19. The van der Waals surface area contributed by atoms with Crippen LogP contribution >= 0.6 is 0 Å². The SMILES string of the molecule is C=C(CNC1CC1)COc1ccc(C(C)C)cc1. The summed E-state index contributed by atoms with van der Waals surface area (Å²) < 4.78 is 5.72. The van der Waals surface area contributed by atoms with Gasteiger partial charge in [0.1, 0.15) is 12.4 Å². The minimum atomic E-state index is 0.566. The molecule has 1 aromatic carbocycles. The van der Waals surface area contributed by atoms with Gasteiger partial charge in [0.2, 0.25) is 0 Å². The van der Waals surface area contributed by atoms with Gasteiger partial charge in [-0.05, 0) is 42.0 Å². The molecule has 1 aromatic rings. The molecule has 2 nitrogen and oxygen atoms in total. The van der Waals surface area contributed by atoms with E-state index in [9.17, 15) is 0 Å². The molecule has 1 aliphatic rings. The predicted molar refractivity (Wildman–Crippen MR) is 76.2 cm³/mol.